The molecule has 0 saturated carbocycles. The molecule has 1 aromatic carbocycles. The number of anilines is 1. The zero-order valence-electron chi connectivity index (χ0n) is 13.1. The van der Waals surface area contributed by atoms with Crippen molar-refractivity contribution in [2.75, 3.05) is 5.32 Å². The van der Waals surface area contributed by atoms with E-state index in [1.54, 1.807) is 6.92 Å². The third-order valence-corrected chi connectivity index (χ3v) is 3.24. The molecule has 0 bridgehead atoms. The van der Waals surface area contributed by atoms with Crippen molar-refractivity contribution >= 4 is 11.6 Å². The summed E-state index contributed by atoms with van der Waals surface area (Å²) in [6, 6.07) is 2.73. The van der Waals surface area contributed by atoms with Crippen LogP contribution in [-0.2, 0) is 18.9 Å². The second kappa shape index (κ2) is 6.81. The Hall–Kier alpha value is -2.85. The Morgan fingerprint density at radius 2 is 1.58 bits per heavy atom. The van der Waals surface area contributed by atoms with Crippen molar-refractivity contribution in [2.24, 2.45) is 0 Å². The van der Waals surface area contributed by atoms with Crippen LogP contribution in [0.2, 0.25) is 0 Å². The van der Waals surface area contributed by atoms with Gasteiger partial charge >= 0.3 is 12.4 Å². The number of amides is 1. The Morgan fingerprint density at radius 1 is 1.04 bits per heavy atom. The number of rotatable bonds is 3. The molecular weight excluding hydrogens is 368 g/mol. The Morgan fingerprint density at radius 3 is 2.04 bits per heavy atom. The van der Waals surface area contributed by atoms with E-state index >= 15 is 0 Å². The fourth-order valence-electron chi connectivity index (χ4n) is 2.02. The molecule has 0 fully saturated rings. The third-order valence-electron chi connectivity index (χ3n) is 3.24. The van der Waals surface area contributed by atoms with Gasteiger partial charge in [0.25, 0.3) is 11.5 Å². The van der Waals surface area contributed by atoms with E-state index in [9.17, 15) is 35.9 Å². The van der Waals surface area contributed by atoms with Crippen LogP contribution in [0.4, 0.5) is 32.0 Å². The van der Waals surface area contributed by atoms with Crippen molar-refractivity contribution in [1.82, 2.24) is 9.78 Å². The average molecular weight is 379 g/mol. The van der Waals surface area contributed by atoms with Gasteiger partial charge in [-0.05, 0) is 31.2 Å². The topological polar surface area (TPSA) is 64.0 Å². The van der Waals surface area contributed by atoms with Crippen molar-refractivity contribution in [2.45, 2.75) is 25.8 Å². The van der Waals surface area contributed by atoms with E-state index in [-0.39, 0.29) is 18.3 Å². The molecule has 1 amide bonds. The lowest BCUT2D eigenvalue weighted by molar-refractivity contribution is -0.143. The van der Waals surface area contributed by atoms with E-state index in [1.807, 2.05) is 5.32 Å². The first-order valence-electron chi connectivity index (χ1n) is 7.11. The van der Waals surface area contributed by atoms with Crippen LogP contribution >= 0.6 is 0 Å². The van der Waals surface area contributed by atoms with Crippen LogP contribution in [0.25, 0.3) is 0 Å². The van der Waals surface area contributed by atoms with Crippen molar-refractivity contribution in [3.05, 3.63) is 57.5 Å². The highest BCUT2D eigenvalue weighted by Crippen LogP contribution is 2.37. The number of hydrogen-bond acceptors (Lipinski definition) is 3. The number of carbonyl (C=O) groups is 1. The Kier molecular flexibility index (Phi) is 5.10. The molecule has 0 atom stereocenters. The lowest BCUT2D eigenvalue weighted by Gasteiger charge is -2.14. The molecule has 5 nitrogen and oxygen atoms in total. The van der Waals surface area contributed by atoms with Crippen LogP contribution in [0.1, 0.15) is 28.5 Å². The molecule has 26 heavy (non-hydrogen) atoms. The van der Waals surface area contributed by atoms with Gasteiger partial charge in [0.15, 0.2) is 0 Å². The lowest BCUT2D eigenvalue weighted by atomic mass is 10.1. The summed E-state index contributed by atoms with van der Waals surface area (Å²) in [6.45, 7) is 1.69. The summed E-state index contributed by atoms with van der Waals surface area (Å²) in [7, 11) is 0. The highest BCUT2D eigenvalue weighted by molar-refractivity contribution is 6.02. The number of aromatic nitrogens is 2. The largest absolute Gasteiger partial charge is 0.416 e. The van der Waals surface area contributed by atoms with Gasteiger partial charge in [-0.15, -0.1) is 0 Å². The van der Waals surface area contributed by atoms with Gasteiger partial charge in [-0.25, -0.2) is 4.68 Å². The monoisotopic (exact) mass is 379 g/mol. The second-order valence-electron chi connectivity index (χ2n) is 5.12. The normalized spacial score (nSPS) is 12.1. The summed E-state index contributed by atoms with van der Waals surface area (Å²) >= 11 is 0. The first kappa shape index (κ1) is 19.5. The fraction of sp³-hybridized carbons (Fsp3) is 0.267. The van der Waals surface area contributed by atoms with Crippen LogP contribution in [0, 0.1) is 0 Å². The Bertz CT molecular complexity index is 854. The molecule has 2 rings (SSSR count). The average Bonchev–Trinajstić information content (AvgIpc) is 2.53. The SMILES string of the molecule is CCn1nc(C(=O)Nc2cc(C(F)(F)F)cc(C(F)(F)F)c2)ccc1=O. The van der Waals surface area contributed by atoms with Crippen LogP contribution in [0.15, 0.2) is 35.1 Å². The predicted molar refractivity (Wildman–Crippen MR) is 78.6 cm³/mol. The smallest absolute Gasteiger partial charge is 0.321 e. The summed E-state index contributed by atoms with van der Waals surface area (Å²) in [5.74, 6) is -1.06. The minimum Gasteiger partial charge on any atom is -0.321 e. The number of hydrogen-bond donors (Lipinski definition) is 1. The van der Waals surface area contributed by atoms with E-state index in [0.29, 0.717) is 12.1 Å². The first-order valence-corrected chi connectivity index (χ1v) is 7.11. The number of carbonyl (C=O) groups excluding carboxylic acids is 1. The molecule has 0 aliphatic carbocycles. The maximum atomic E-state index is 12.8. The maximum absolute atomic E-state index is 12.8. The van der Waals surface area contributed by atoms with Gasteiger partial charge in [-0.1, -0.05) is 0 Å². The standard InChI is InChI=1S/C15H11F6N3O2/c1-2-24-12(25)4-3-11(23-24)13(26)22-10-6-8(14(16,17)18)5-9(7-10)15(19,20)21/h3-7H,2H2,1H3,(H,22,26). The molecule has 0 spiro atoms. The zero-order chi connectivity index (χ0) is 19.7. The van der Waals surface area contributed by atoms with Gasteiger partial charge in [-0.2, -0.15) is 31.4 Å². The lowest BCUT2D eigenvalue weighted by Crippen LogP contribution is -2.25. The van der Waals surface area contributed by atoms with Gasteiger partial charge in [-0.3, -0.25) is 9.59 Å². The van der Waals surface area contributed by atoms with E-state index in [1.165, 1.54) is 0 Å². The molecule has 0 aliphatic rings. The third kappa shape index (κ3) is 4.41. The molecule has 0 aliphatic heterocycles. The summed E-state index contributed by atoms with van der Waals surface area (Å²) in [4.78, 5) is 23.5. The molecule has 1 aromatic heterocycles. The van der Waals surface area contributed by atoms with Crippen molar-refractivity contribution in [3.8, 4) is 0 Å². The molecule has 0 radical (unpaired) electrons. The molecule has 140 valence electrons. The maximum Gasteiger partial charge on any atom is 0.416 e. The van der Waals surface area contributed by atoms with Crippen LogP contribution in [0.5, 0.6) is 0 Å². The van der Waals surface area contributed by atoms with Gasteiger partial charge in [0.1, 0.15) is 5.69 Å². The van der Waals surface area contributed by atoms with E-state index in [2.05, 4.69) is 5.10 Å². The second-order valence-corrected chi connectivity index (χ2v) is 5.12. The highest BCUT2D eigenvalue weighted by atomic mass is 19.4. The van der Waals surface area contributed by atoms with Crippen LogP contribution < -0.4 is 10.9 Å². The quantitative estimate of drug-likeness (QED) is 0.830. The van der Waals surface area contributed by atoms with E-state index in [0.717, 1.165) is 16.8 Å². The first-order chi connectivity index (χ1) is 11.9. The molecule has 11 heteroatoms. The van der Waals surface area contributed by atoms with Gasteiger partial charge in [0, 0.05) is 18.3 Å². The van der Waals surface area contributed by atoms with Crippen molar-refractivity contribution in [3.63, 3.8) is 0 Å². The fourth-order valence-corrected chi connectivity index (χ4v) is 2.02. The minimum atomic E-state index is -5.03. The van der Waals surface area contributed by atoms with Crippen LogP contribution in [0.3, 0.4) is 0 Å². The number of halogens is 6. The molecule has 2 aromatic rings. The number of alkyl halides is 6. The minimum absolute atomic E-state index is 0.0504. The summed E-state index contributed by atoms with van der Waals surface area (Å²) in [5.41, 5.74) is -4.67. The molecular formula is C15H11F6N3O2. The van der Waals surface area contributed by atoms with Crippen LogP contribution in [-0.4, -0.2) is 15.7 Å². The Labute approximate surface area is 142 Å². The molecule has 1 N–H and O–H groups in total. The summed E-state index contributed by atoms with van der Waals surface area (Å²) in [6.07, 6.45) is -10.1. The van der Waals surface area contributed by atoms with Gasteiger partial charge < -0.3 is 5.32 Å². The van der Waals surface area contributed by atoms with Gasteiger partial charge in [0.05, 0.1) is 11.1 Å². The molecule has 1 heterocycles. The van der Waals surface area contributed by atoms with E-state index in [4.69, 9.17) is 0 Å². The summed E-state index contributed by atoms with van der Waals surface area (Å²) < 4.78 is 77.8. The molecule has 0 unspecified atom stereocenters. The summed E-state index contributed by atoms with van der Waals surface area (Å²) in [5, 5.41) is 5.61. The number of aryl methyl sites for hydroxylation is 1. The Balaban J connectivity index is 2.42. The van der Waals surface area contributed by atoms with Crippen molar-refractivity contribution < 1.29 is 31.1 Å². The predicted octanol–water partition coefficient (Wildman–Crippen LogP) is 3.55. The number of nitrogens with zero attached hydrogens (tertiary/aromatic N) is 2. The number of benzene rings is 1. The van der Waals surface area contributed by atoms with E-state index < -0.39 is 40.6 Å². The van der Waals surface area contributed by atoms with Crippen molar-refractivity contribution in [1.29, 1.82) is 0 Å². The molecule has 0 saturated heterocycles. The number of nitrogens with one attached hydrogen (secondary N) is 1. The highest BCUT2D eigenvalue weighted by Gasteiger charge is 2.37. The zero-order valence-corrected chi connectivity index (χ0v) is 13.1. The van der Waals surface area contributed by atoms with Gasteiger partial charge in [0.2, 0.25) is 0 Å².